The number of aryl methyl sites for hydroxylation is 1. The van der Waals surface area contributed by atoms with Crippen LogP contribution in [0.1, 0.15) is 37.6 Å². The minimum Gasteiger partial charge on any atom is -0.461 e. The fraction of sp³-hybridized carbons (Fsp3) is 0.250. The van der Waals surface area contributed by atoms with E-state index in [9.17, 15) is 4.79 Å². The summed E-state index contributed by atoms with van der Waals surface area (Å²) in [5, 5.41) is 12.7. The highest BCUT2D eigenvalue weighted by molar-refractivity contribution is 6.10. The van der Waals surface area contributed by atoms with Crippen LogP contribution < -0.4 is 5.73 Å². The summed E-state index contributed by atoms with van der Waals surface area (Å²) in [6.07, 6.45) is 8.17. The van der Waals surface area contributed by atoms with E-state index in [0.717, 1.165) is 23.4 Å². The molecule has 0 aliphatic heterocycles. The molecule has 0 bridgehead atoms. The SMILES string of the molecule is C/C=C\c1cn(-c2ccc(C(=N)/C=C(\N)C(=O)OCC)cc2)nc1CC. The number of esters is 1. The topological polar surface area (TPSA) is 94.0 Å². The number of rotatable bonds is 7. The van der Waals surface area contributed by atoms with Crippen LogP contribution in [0.5, 0.6) is 0 Å². The van der Waals surface area contributed by atoms with Crippen molar-refractivity contribution in [3.63, 3.8) is 0 Å². The number of nitrogens with zero attached hydrogens (tertiary/aromatic N) is 2. The molecule has 6 heteroatoms. The van der Waals surface area contributed by atoms with Crippen molar-refractivity contribution in [2.45, 2.75) is 27.2 Å². The van der Waals surface area contributed by atoms with Crippen LogP contribution in [0.3, 0.4) is 0 Å². The maximum atomic E-state index is 11.5. The summed E-state index contributed by atoms with van der Waals surface area (Å²) in [5.74, 6) is -0.617. The monoisotopic (exact) mass is 352 g/mol. The average Bonchev–Trinajstić information content (AvgIpc) is 3.05. The van der Waals surface area contributed by atoms with Crippen LogP contribution in [0.4, 0.5) is 0 Å². The fourth-order valence-electron chi connectivity index (χ4n) is 2.45. The quantitative estimate of drug-likeness (QED) is 0.454. The van der Waals surface area contributed by atoms with Crippen molar-refractivity contribution in [1.82, 2.24) is 9.78 Å². The second kappa shape index (κ2) is 8.80. The van der Waals surface area contributed by atoms with E-state index in [-0.39, 0.29) is 18.0 Å². The molecule has 1 aromatic heterocycles. The molecule has 2 rings (SSSR count). The first kappa shape index (κ1) is 19.2. The van der Waals surface area contributed by atoms with Crippen molar-refractivity contribution in [3.05, 3.63) is 65.1 Å². The Labute approximate surface area is 153 Å². The number of ether oxygens (including phenoxy) is 1. The smallest absolute Gasteiger partial charge is 0.354 e. The summed E-state index contributed by atoms with van der Waals surface area (Å²) in [5.41, 5.74) is 9.38. The molecule has 0 fully saturated rings. The third kappa shape index (κ3) is 4.47. The fourth-order valence-corrected chi connectivity index (χ4v) is 2.45. The Bertz CT molecular complexity index is 845. The summed E-state index contributed by atoms with van der Waals surface area (Å²) in [6, 6.07) is 7.36. The Morgan fingerprint density at radius 2 is 2.00 bits per heavy atom. The molecule has 0 unspecified atom stereocenters. The molecule has 2 aromatic rings. The number of hydrogen-bond acceptors (Lipinski definition) is 5. The lowest BCUT2D eigenvalue weighted by molar-refractivity contribution is -0.138. The highest BCUT2D eigenvalue weighted by Crippen LogP contribution is 2.16. The van der Waals surface area contributed by atoms with Gasteiger partial charge in [-0.15, -0.1) is 0 Å². The Kier molecular flexibility index (Phi) is 6.49. The van der Waals surface area contributed by atoms with Gasteiger partial charge in [0.15, 0.2) is 0 Å². The predicted molar refractivity (Wildman–Crippen MR) is 103 cm³/mol. The van der Waals surface area contributed by atoms with E-state index >= 15 is 0 Å². The zero-order chi connectivity index (χ0) is 19.1. The lowest BCUT2D eigenvalue weighted by Crippen LogP contribution is -2.16. The van der Waals surface area contributed by atoms with E-state index in [4.69, 9.17) is 15.9 Å². The largest absolute Gasteiger partial charge is 0.461 e. The number of carbonyl (C=O) groups excluding carboxylic acids is 1. The molecule has 0 aliphatic carbocycles. The first-order valence-corrected chi connectivity index (χ1v) is 8.55. The van der Waals surface area contributed by atoms with Crippen LogP contribution in [0.25, 0.3) is 11.8 Å². The molecule has 0 atom stereocenters. The van der Waals surface area contributed by atoms with Crippen LogP contribution >= 0.6 is 0 Å². The lowest BCUT2D eigenvalue weighted by Gasteiger charge is -2.05. The number of nitrogens with two attached hydrogens (primary N) is 1. The lowest BCUT2D eigenvalue weighted by atomic mass is 10.1. The summed E-state index contributed by atoms with van der Waals surface area (Å²) in [4.78, 5) is 11.5. The van der Waals surface area contributed by atoms with E-state index < -0.39 is 5.97 Å². The molecule has 136 valence electrons. The first-order chi connectivity index (χ1) is 12.5. The Morgan fingerprint density at radius 3 is 2.58 bits per heavy atom. The van der Waals surface area contributed by atoms with Crippen LogP contribution in [0.15, 0.2) is 48.3 Å². The molecule has 3 N–H and O–H groups in total. The van der Waals surface area contributed by atoms with E-state index in [0.29, 0.717) is 5.56 Å². The predicted octanol–water partition coefficient (Wildman–Crippen LogP) is 3.24. The van der Waals surface area contributed by atoms with Gasteiger partial charge in [0.05, 0.1) is 23.7 Å². The normalized spacial score (nSPS) is 11.7. The zero-order valence-corrected chi connectivity index (χ0v) is 15.3. The van der Waals surface area contributed by atoms with Gasteiger partial charge < -0.3 is 15.9 Å². The molecule has 1 aromatic carbocycles. The second-order valence-electron chi connectivity index (χ2n) is 5.61. The van der Waals surface area contributed by atoms with Crippen LogP contribution in [-0.2, 0) is 16.0 Å². The molecule has 0 saturated carbocycles. The van der Waals surface area contributed by atoms with Gasteiger partial charge in [0, 0.05) is 11.8 Å². The highest BCUT2D eigenvalue weighted by Gasteiger charge is 2.09. The van der Waals surface area contributed by atoms with Crippen molar-refractivity contribution >= 4 is 17.8 Å². The molecular formula is C20H24N4O2. The number of carbonyl (C=O) groups is 1. The first-order valence-electron chi connectivity index (χ1n) is 8.55. The highest BCUT2D eigenvalue weighted by atomic mass is 16.5. The van der Waals surface area contributed by atoms with E-state index in [1.54, 1.807) is 19.1 Å². The number of aromatic nitrogens is 2. The van der Waals surface area contributed by atoms with Crippen molar-refractivity contribution in [1.29, 1.82) is 5.41 Å². The molecule has 6 nitrogen and oxygen atoms in total. The van der Waals surface area contributed by atoms with Gasteiger partial charge in [-0.2, -0.15) is 5.10 Å². The van der Waals surface area contributed by atoms with Crippen molar-refractivity contribution in [2.75, 3.05) is 6.61 Å². The molecule has 0 aliphatic rings. The zero-order valence-electron chi connectivity index (χ0n) is 15.3. The number of allylic oxidation sites excluding steroid dienone is 2. The van der Waals surface area contributed by atoms with Crippen LogP contribution in [0, 0.1) is 5.41 Å². The van der Waals surface area contributed by atoms with Gasteiger partial charge in [-0.1, -0.05) is 31.2 Å². The van der Waals surface area contributed by atoms with Gasteiger partial charge in [0.25, 0.3) is 0 Å². The maximum Gasteiger partial charge on any atom is 0.354 e. The standard InChI is InChI=1S/C20H24N4O2/c1-4-7-15-13-24(23-19(15)5-2)16-10-8-14(9-11-16)17(21)12-18(22)20(25)26-6-3/h4,7-13,21H,5-6,22H2,1-3H3/b7-4-,18-12-,21-17?. The Hall–Kier alpha value is -3.15. The van der Waals surface area contributed by atoms with Crippen molar-refractivity contribution in [3.8, 4) is 5.69 Å². The van der Waals surface area contributed by atoms with Gasteiger partial charge >= 0.3 is 5.97 Å². The van der Waals surface area contributed by atoms with Gasteiger partial charge in [0.2, 0.25) is 0 Å². The molecule has 0 saturated heterocycles. The van der Waals surface area contributed by atoms with E-state index in [1.165, 1.54) is 6.08 Å². The van der Waals surface area contributed by atoms with Gasteiger partial charge in [-0.3, -0.25) is 0 Å². The molecule has 0 radical (unpaired) electrons. The summed E-state index contributed by atoms with van der Waals surface area (Å²) in [7, 11) is 0. The van der Waals surface area contributed by atoms with E-state index in [2.05, 4.69) is 12.0 Å². The van der Waals surface area contributed by atoms with Gasteiger partial charge in [-0.05, 0) is 44.0 Å². The van der Waals surface area contributed by atoms with Crippen molar-refractivity contribution < 1.29 is 9.53 Å². The summed E-state index contributed by atoms with van der Waals surface area (Å²) < 4.78 is 6.64. The second-order valence-corrected chi connectivity index (χ2v) is 5.61. The Morgan fingerprint density at radius 1 is 1.31 bits per heavy atom. The van der Waals surface area contributed by atoms with Crippen LogP contribution in [0.2, 0.25) is 0 Å². The number of hydrogen-bond donors (Lipinski definition) is 2. The molecule has 0 spiro atoms. The maximum absolute atomic E-state index is 11.5. The average molecular weight is 352 g/mol. The Balaban J connectivity index is 2.22. The molecule has 1 heterocycles. The van der Waals surface area contributed by atoms with Gasteiger partial charge in [0.1, 0.15) is 5.70 Å². The third-order valence-electron chi connectivity index (χ3n) is 3.76. The molecule has 0 amide bonds. The minimum absolute atomic E-state index is 0.0865. The van der Waals surface area contributed by atoms with E-state index in [1.807, 2.05) is 42.1 Å². The van der Waals surface area contributed by atoms with Crippen LogP contribution in [-0.4, -0.2) is 28.1 Å². The number of benzene rings is 1. The van der Waals surface area contributed by atoms with Crippen molar-refractivity contribution in [2.24, 2.45) is 5.73 Å². The third-order valence-corrected chi connectivity index (χ3v) is 3.76. The number of nitrogens with one attached hydrogen (secondary N) is 1. The molecule has 26 heavy (non-hydrogen) atoms. The van der Waals surface area contributed by atoms with Gasteiger partial charge in [-0.25, -0.2) is 9.48 Å². The molecular weight excluding hydrogens is 328 g/mol. The minimum atomic E-state index is -0.617. The summed E-state index contributed by atoms with van der Waals surface area (Å²) in [6.45, 7) is 6.00. The summed E-state index contributed by atoms with van der Waals surface area (Å²) >= 11 is 0.